The van der Waals surface area contributed by atoms with Gasteiger partial charge in [0.1, 0.15) is 11.2 Å². The lowest BCUT2D eigenvalue weighted by atomic mass is 10.3. The van der Waals surface area contributed by atoms with E-state index in [1.165, 1.54) is 23.6 Å². The number of hydrogen-bond acceptors (Lipinski definition) is 4. The fraction of sp³-hybridized carbons (Fsp3) is 0. The Morgan fingerprint density at radius 1 is 1.42 bits per heavy atom. The molecular weight excluding hydrogens is 177 g/mol. The van der Waals surface area contributed by atoms with Gasteiger partial charge in [0, 0.05) is 6.20 Å². The number of rotatable bonds is 1. The first-order valence-electron chi connectivity index (χ1n) is 3.25. The molecule has 0 bridgehead atoms. The highest BCUT2D eigenvalue weighted by Crippen LogP contribution is 2.20. The molecule has 3 nitrogen and oxygen atoms in total. The second kappa shape index (κ2) is 2.94. The molecule has 0 aliphatic rings. The van der Waals surface area contributed by atoms with Crippen LogP contribution in [-0.2, 0) is 0 Å². The van der Waals surface area contributed by atoms with Crippen LogP contribution in [0.5, 0.6) is 0 Å². The Labute approximate surface area is 71.9 Å². The zero-order chi connectivity index (χ0) is 8.39. The Balaban J connectivity index is 2.55. The van der Waals surface area contributed by atoms with Crippen LogP contribution in [0.2, 0.25) is 0 Å². The standard InChI is InChI=1S/C7H4FN3S/c8-5-2-1-3-9-6(5)7-11-10-4-12-7/h1-4H. The SMILES string of the molecule is Fc1cccnc1-c1nncs1. The molecule has 2 aromatic heterocycles. The van der Waals surface area contributed by atoms with Gasteiger partial charge in [-0.2, -0.15) is 0 Å². The Kier molecular flexibility index (Phi) is 1.79. The second-order valence-corrected chi connectivity index (χ2v) is 2.91. The molecule has 2 rings (SSSR count). The predicted octanol–water partition coefficient (Wildman–Crippen LogP) is 1.74. The van der Waals surface area contributed by atoms with E-state index in [2.05, 4.69) is 15.2 Å². The maximum atomic E-state index is 13.0. The monoisotopic (exact) mass is 181 g/mol. The van der Waals surface area contributed by atoms with Gasteiger partial charge in [-0.15, -0.1) is 10.2 Å². The van der Waals surface area contributed by atoms with Crippen molar-refractivity contribution in [3.63, 3.8) is 0 Å². The van der Waals surface area contributed by atoms with E-state index in [0.717, 1.165) is 0 Å². The fourth-order valence-corrected chi connectivity index (χ4v) is 1.37. The fourth-order valence-electron chi connectivity index (χ4n) is 0.819. The van der Waals surface area contributed by atoms with Gasteiger partial charge in [0.05, 0.1) is 0 Å². The van der Waals surface area contributed by atoms with Gasteiger partial charge in [-0.05, 0) is 12.1 Å². The van der Waals surface area contributed by atoms with Gasteiger partial charge in [0.2, 0.25) is 0 Å². The molecule has 2 heterocycles. The molecule has 0 unspecified atom stereocenters. The molecule has 0 N–H and O–H groups in total. The number of hydrogen-bond donors (Lipinski definition) is 0. The van der Waals surface area contributed by atoms with Crippen molar-refractivity contribution in [1.82, 2.24) is 15.2 Å². The maximum absolute atomic E-state index is 13.0. The lowest BCUT2D eigenvalue weighted by Gasteiger charge is -1.93. The zero-order valence-electron chi connectivity index (χ0n) is 5.94. The molecule has 12 heavy (non-hydrogen) atoms. The van der Waals surface area contributed by atoms with Gasteiger partial charge < -0.3 is 0 Å². The van der Waals surface area contributed by atoms with Crippen molar-refractivity contribution in [2.45, 2.75) is 0 Å². The van der Waals surface area contributed by atoms with Crippen LogP contribution in [0.3, 0.4) is 0 Å². The molecule has 0 spiro atoms. The van der Waals surface area contributed by atoms with E-state index >= 15 is 0 Å². The Morgan fingerprint density at radius 2 is 2.33 bits per heavy atom. The summed E-state index contributed by atoms with van der Waals surface area (Å²) in [7, 11) is 0. The van der Waals surface area contributed by atoms with Crippen molar-refractivity contribution in [2.24, 2.45) is 0 Å². The van der Waals surface area contributed by atoms with E-state index in [-0.39, 0.29) is 11.5 Å². The highest BCUT2D eigenvalue weighted by atomic mass is 32.1. The van der Waals surface area contributed by atoms with Crippen molar-refractivity contribution < 1.29 is 4.39 Å². The summed E-state index contributed by atoms with van der Waals surface area (Å²) in [5.41, 5.74) is 1.81. The van der Waals surface area contributed by atoms with Crippen LogP contribution >= 0.6 is 11.3 Å². The van der Waals surface area contributed by atoms with Crippen molar-refractivity contribution >= 4 is 11.3 Å². The molecule has 0 fully saturated rings. The lowest BCUT2D eigenvalue weighted by Crippen LogP contribution is -1.86. The third-order valence-corrected chi connectivity index (χ3v) is 2.02. The Morgan fingerprint density at radius 3 is 3.00 bits per heavy atom. The third-order valence-electron chi connectivity index (χ3n) is 1.32. The van der Waals surface area contributed by atoms with Gasteiger partial charge in [-0.1, -0.05) is 11.3 Å². The first-order valence-corrected chi connectivity index (χ1v) is 4.13. The minimum atomic E-state index is -0.366. The summed E-state index contributed by atoms with van der Waals surface area (Å²) in [5.74, 6) is -0.366. The number of aromatic nitrogens is 3. The van der Waals surface area contributed by atoms with E-state index < -0.39 is 0 Å². The van der Waals surface area contributed by atoms with Gasteiger partial charge in [-0.3, -0.25) is 4.98 Å². The quantitative estimate of drug-likeness (QED) is 0.672. The van der Waals surface area contributed by atoms with Gasteiger partial charge in [0.25, 0.3) is 0 Å². The molecule has 0 atom stereocenters. The number of halogens is 1. The summed E-state index contributed by atoms with van der Waals surface area (Å²) in [5, 5.41) is 7.82. The average molecular weight is 181 g/mol. The maximum Gasteiger partial charge on any atom is 0.169 e. The Hall–Kier alpha value is -1.36. The van der Waals surface area contributed by atoms with Gasteiger partial charge in [-0.25, -0.2) is 4.39 Å². The third kappa shape index (κ3) is 1.18. The summed E-state index contributed by atoms with van der Waals surface area (Å²) >= 11 is 1.27. The van der Waals surface area contributed by atoms with Crippen LogP contribution in [0, 0.1) is 5.82 Å². The predicted molar refractivity (Wildman–Crippen MR) is 43.1 cm³/mol. The number of pyridine rings is 1. The summed E-state index contributed by atoms with van der Waals surface area (Å²) in [6.45, 7) is 0. The van der Waals surface area contributed by atoms with E-state index in [1.54, 1.807) is 11.6 Å². The minimum absolute atomic E-state index is 0.264. The molecular formula is C7H4FN3S. The molecule has 2 aromatic rings. The smallest absolute Gasteiger partial charge is 0.169 e. The summed E-state index contributed by atoms with van der Waals surface area (Å²) < 4.78 is 13.0. The average Bonchev–Trinajstić information content (AvgIpc) is 2.57. The molecule has 0 saturated heterocycles. The summed E-state index contributed by atoms with van der Waals surface area (Å²) in [4.78, 5) is 3.85. The van der Waals surface area contributed by atoms with Gasteiger partial charge >= 0.3 is 0 Å². The van der Waals surface area contributed by atoms with Gasteiger partial charge in [0.15, 0.2) is 10.8 Å². The second-order valence-electron chi connectivity index (χ2n) is 2.08. The molecule has 0 aromatic carbocycles. The highest BCUT2D eigenvalue weighted by molar-refractivity contribution is 7.12. The minimum Gasteiger partial charge on any atom is -0.251 e. The summed E-state index contributed by atoms with van der Waals surface area (Å²) in [6.07, 6.45) is 1.53. The van der Waals surface area contributed by atoms with Crippen molar-refractivity contribution in [1.29, 1.82) is 0 Å². The van der Waals surface area contributed by atoms with Crippen LogP contribution in [0.4, 0.5) is 4.39 Å². The van der Waals surface area contributed by atoms with Crippen molar-refractivity contribution in [3.05, 3.63) is 29.7 Å². The molecule has 0 saturated carbocycles. The molecule has 0 aliphatic heterocycles. The number of nitrogens with zero attached hydrogens (tertiary/aromatic N) is 3. The molecule has 0 radical (unpaired) electrons. The normalized spacial score (nSPS) is 10.1. The zero-order valence-corrected chi connectivity index (χ0v) is 6.75. The largest absolute Gasteiger partial charge is 0.251 e. The van der Waals surface area contributed by atoms with Crippen LogP contribution < -0.4 is 0 Å². The lowest BCUT2D eigenvalue weighted by molar-refractivity contribution is 0.625. The van der Waals surface area contributed by atoms with Crippen LogP contribution in [0.1, 0.15) is 0 Å². The summed E-state index contributed by atoms with van der Waals surface area (Å²) in [6, 6.07) is 2.89. The molecule has 5 heteroatoms. The van der Waals surface area contributed by atoms with E-state index in [4.69, 9.17) is 0 Å². The highest BCUT2D eigenvalue weighted by Gasteiger charge is 2.07. The van der Waals surface area contributed by atoms with Crippen molar-refractivity contribution in [3.8, 4) is 10.7 Å². The molecule has 0 aliphatic carbocycles. The van der Waals surface area contributed by atoms with Crippen LogP contribution in [0.15, 0.2) is 23.8 Å². The first-order chi connectivity index (χ1) is 5.88. The topological polar surface area (TPSA) is 38.7 Å². The Bertz CT molecular complexity index is 374. The first kappa shape index (κ1) is 7.30. The van der Waals surface area contributed by atoms with E-state index in [1.807, 2.05) is 0 Å². The van der Waals surface area contributed by atoms with Crippen LogP contribution in [-0.4, -0.2) is 15.2 Å². The van der Waals surface area contributed by atoms with Crippen molar-refractivity contribution in [2.75, 3.05) is 0 Å². The van der Waals surface area contributed by atoms with E-state index in [0.29, 0.717) is 5.01 Å². The molecule has 0 amide bonds. The van der Waals surface area contributed by atoms with E-state index in [9.17, 15) is 4.39 Å². The van der Waals surface area contributed by atoms with Crippen LogP contribution in [0.25, 0.3) is 10.7 Å². The molecule has 60 valence electrons.